The minimum absolute atomic E-state index is 0.255. The predicted octanol–water partition coefficient (Wildman–Crippen LogP) is 2.10. The average Bonchev–Trinajstić information content (AvgIpc) is 2.66. The molecule has 0 radical (unpaired) electrons. The van der Waals surface area contributed by atoms with Gasteiger partial charge in [0.05, 0.1) is 5.54 Å². The minimum Gasteiger partial charge on any atom is -0.305 e. The molecular formula is C12H15BrN2O. The van der Waals surface area contributed by atoms with Crippen LogP contribution in [0, 0.1) is 0 Å². The van der Waals surface area contributed by atoms with Crippen LogP contribution in [-0.2, 0) is 11.2 Å². The SMILES string of the molecule is CC1(C(=O)Cc2cncc(Br)c2)CCCN1. The maximum atomic E-state index is 12.1. The van der Waals surface area contributed by atoms with Gasteiger partial charge in [-0.3, -0.25) is 9.78 Å². The number of aromatic nitrogens is 1. The summed E-state index contributed by atoms with van der Waals surface area (Å²) >= 11 is 3.36. The zero-order valence-electron chi connectivity index (χ0n) is 9.29. The van der Waals surface area contributed by atoms with Crippen LogP contribution in [0.4, 0.5) is 0 Å². The van der Waals surface area contributed by atoms with E-state index in [1.807, 2.05) is 13.0 Å². The molecule has 1 atom stereocenters. The van der Waals surface area contributed by atoms with Crippen LogP contribution in [0.25, 0.3) is 0 Å². The molecule has 2 rings (SSSR count). The number of carbonyl (C=O) groups excluding carboxylic acids is 1. The standard InChI is InChI=1S/C12H15BrN2O/c1-12(3-2-4-15-12)11(16)6-9-5-10(13)8-14-7-9/h5,7-8,15H,2-4,6H2,1H3. The van der Waals surface area contributed by atoms with E-state index in [0.29, 0.717) is 6.42 Å². The highest BCUT2D eigenvalue weighted by atomic mass is 79.9. The van der Waals surface area contributed by atoms with Crippen LogP contribution >= 0.6 is 15.9 Å². The van der Waals surface area contributed by atoms with Gasteiger partial charge in [0.1, 0.15) is 0 Å². The highest BCUT2D eigenvalue weighted by Crippen LogP contribution is 2.21. The number of nitrogens with one attached hydrogen (secondary N) is 1. The molecule has 16 heavy (non-hydrogen) atoms. The molecule has 0 amide bonds. The van der Waals surface area contributed by atoms with Crippen molar-refractivity contribution >= 4 is 21.7 Å². The van der Waals surface area contributed by atoms with Gasteiger partial charge in [-0.2, -0.15) is 0 Å². The Balaban J connectivity index is 2.07. The quantitative estimate of drug-likeness (QED) is 0.923. The summed E-state index contributed by atoms with van der Waals surface area (Å²) < 4.78 is 0.919. The van der Waals surface area contributed by atoms with Crippen molar-refractivity contribution in [1.29, 1.82) is 0 Å². The minimum atomic E-state index is -0.331. The molecule has 86 valence electrons. The summed E-state index contributed by atoms with van der Waals surface area (Å²) in [4.78, 5) is 16.2. The second-order valence-corrected chi connectivity index (χ2v) is 5.39. The molecule has 1 fully saturated rings. The van der Waals surface area contributed by atoms with Gasteiger partial charge in [0.25, 0.3) is 0 Å². The topological polar surface area (TPSA) is 42.0 Å². The molecule has 0 aliphatic carbocycles. The molecule has 0 spiro atoms. The Morgan fingerprint density at radius 2 is 2.44 bits per heavy atom. The number of hydrogen-bond acceptors (Lipinski definition) is 3. The van der Waals surface area contributed by atoms with Crippen LogP contribution in [-0.4, -0.2) is 22.9 Å². The molecule has 0 bridgehead atoms. The Bertz CT molecular complexity index is 400. The van der Waals surface area contributed by atoms with Crippen LogP contribution in [0.5, 0.6) is 0 Å². The van der Waals surface area contributed by atoms with Gasteiger partial charge in [0, 0.05) is 23.3 Å². The normalized spacial score (nSPS) is 24.6. The number of halogens is 1. The summed E-state index contributed by atoms with van der Waals surface area (Å²) in [5.74, 6) is 0.255. The third-order valence-electron chi connectivity index (χ3n) is 3.11. The number of carbonyl (C=O) groups is 1. The van der Waals surface area contributed by atoms with Gasteiger partial charge < -0.3 is 5.32 Å². The van der Waals surface area contributed by atoms with Crippen LogP contribution in [0.15, 0.2) is 22.9 Å². The van der Waals surface area contributed by atoms with Crippen LogP contribution < -0.4 is 5.32 Å². The highest BCUT2D eigenvalue weighted by Gasteiger charge is 2.35. The zero-order chi connectivity index (χ0) is 11.6. The summed E-state index contributed by atoms with van der Waals surface area (Å²) in [7, 11) is 0. The van der Waals surface area contributed by atoms with Gasteiger partial charge in [0.15, 0.2) is 5.78 Å². The third kappa shape index (κ3) is 2.50. The fourth-order valence-electron chi connectivity index (χ4n) is 2.07. The molecule has 0 aromatic carbocycles. The summed E-state index contributed by atoms with van der Waals surface area (Å²) in [6, 6.07) is 1.95. The second-order valence-electron chi connectivity index (χ2n) is 4.47. The first kappa shape index (κ1) is 11.7. The Hall–Kier alpha value is -0.740. The Morgan fingerprint density at radius 3 is 3.06 bits per heavy atom. The van der Waals surface area contributed by atoms with Crippen molar-refractivity contribution in [2.24, 2.45) is 0 Å². The van der Waals surface area contributed by atoms with Crippen LogP contribution in [0.1, 0.15) is 25.3 Å². The van der Waals surface area contributed by atoms with Crippen molar-refractivity contribution in [3.63, 3.8) is 0 Å². The largest absolute Gasteiger partial charge is 0.305 e. The number of nitrogens with zero attached hydrogens (tertiary/aromatic N) is 1. The lowest BCUT2D eigenvalue weighted by Crippen LogP contribution is -2.45. The smallest absolute Gasteiger partial charge is 0.156 e. The molecule has 1 aliphatic rings. The van der Waals surface area contributed by atoms with E-state index in [0.717, 1.165) is 29.4 Å². The monoisotopic (exact) mass is 282 g/mol. The van der Waals surface area contributed by atoms with Crippen molar-refractivity contribution in [3.05, 3.63) is 28.5 Å². The molecule has 1 saturated heterocycles. The zero-order valence-corrected chi connectivity index (χ0v) is 10.9. The molecule has 1 unspecified atom stereocenters. The van der Waals surface area contributed by atoms with Crippen LogP contribution in [0.3, 0.4) is 0 Å². The molecule has 1 aromatic heterocycles. The van der Waals surface area contributed by atoms with Crippen molar-refractivity contribution in [3.8, 4) is 0 Å². The van der Waals surface area contributed by atoms with E-state index in [9.17, 15) is 4.79 Å². The van der Waals surface area contributed by atoms with E-state index in [1.54, 1.807) is 12.4 Å². The second kappa shape index (κ2) is 4.63. The van der Waals surface area contributed by atoms with Gasteiger partial charge in [-0.05, 0) is 53.9 Å². The molecule has 0 saturated carbocycles. The molecular weight excluding hydrogens is 268 g/mol. The fourth-order valence-corrected chi connectivity index (χ4v) is 2.48. The lowest BCUT2D eigenvalue weighted by molar-refractivity contribution is -0.123. The summed E-state index contributed by atoms with van der Waals surface area (Å²) in [6.07, 6.45) is 5.95. The Kier molecular flexibility index (Phi) is 3.40. The Labute approximate surface area is 104 Å². The molecule has 2 heterocycles. The lowest BCUT2D eigenvalue weighted by Gasteiger charge is -2.22. The van der Waals surface area contributed by atoms with Crippen molar-refractivity contribution in [2.45, 2.75) is 31.7 Å². The van der Waals surface area contributed by atoms with E-state index < -0.39 is 0 Å². The van der Waals surface area contributed by atoms with Gasteiger partial charge in [-0.15, -0.1) is 0 Å². The van der Waals surface area contributed by atoms with Crippen molar-refractivity contribution in [2.75, 3.05) is 6.54 Å². The molecule has 1 aliphatic heterocycles. The first-order valence-electron chi connectivity index (χ1n) is 5.48. The molecule has 4 heteroatoms. The lowest BCUT2D eigenvalue weighted by atomic mass is 9.91. The number of hydrogen-bond donors (Lipinski definition) is 1. The Morgan fingerprint density at radius 1 is 1.62 bits per heavy atom. The first-order chi connectivity index (χ1) is 7.60. The fraction of sp³-hybridized carbons (Fsp3) is 0.500. The average molecular weight is 283 g/mol. The third-order valence-corrected chi connectivity index (χ3v) is 3.54. The van der Waals surface area contributed by atoms with Crippen molar-refractivity contribution in [1.82, 2.24) is 10.3 Å². The van der Waals surface area contributed by atoms with E-state index in [4.69, 9.17) is 0 Å². The predicted molar refractivity (Wildman–Crippen MR) is 66.3 cm³/mol. The number of pyridine rings is 1. The number of Topliss-reactive ketones (excluding diaryl/α,β-unsaturated/α-hetero) is 1. The van der Waals surface area contributed by atoms with Gasteiger partial charge in [-0.1, -0.05) is 0 Å². The highest BCUT2D eigenvalue weighted by molar-refractivity contribution is 9.10. The number of ketones is 1. The van der Waals surface area contributed by atoms with E-state index >= 15 is 0 Å². The molecule has 1 N–H and O–H groups in total. The van der Waals surface area contributed by atoms with E-state index in [1.165, 1.54) is 0 Å². The van der Waals surface area contributed by atoms with Gasteiger partial charge in [0.2, 0.25) is 0 Å². The summed E-state index contributed by atoms with van der Waals surface area (Å²) in [5.41, 5.74) is 0.636. The molecule has 1 aromatic rings. The summed E-state index contributed by atoms with van der Waals surface area (Å²) in [5, 5.41) is 3.29. The van der Waals surface area contributed by atoms with Gasteiger partial charge in [-0.25, -0.2) is 0 Å². The first-order valence-corrected chi connectivity index (χ1v) is 6.27. The van der Waals surface area contributed by atoms with Crippen molar-refractivity contribution < 1.29 is 4.79 Å². The van der Waals surface area contributed by atoms with E-state index in [-0.39, 0.29) is 11.3 Å². The maximum absolute atomic E-state index is 12.1. The maximum Gasteiger partial charge on any atom is 0.156 e. The molecule has 3 nitrogen and oxygen atoms in total. The van der Waals surface area contributed by atoms with E-state index in [2.05, 4.69) is 26.2 Å². The number of rotatable bonds is 3. The summed E-state index contributed by atoms with van der Waals surface area (Å²) in [6.45, 7) is 2.94. The van der Waals surface area contributed by atoms with Gasteiger partial charge >= 0.3 is 0 Å². The van der Waals surface area contributed by atoms with Crippen LogP contribution in [0.2, 0.25) is 0 Å².